The second-order valence-electron chi connectivity index (χ2n) is 8.22. The predicted molar refractivity (Wildman–Crippen MR) is 107 cm³/mol. The first-order chi connectivity index (χ1) is 14.4. The molecular weight excluding hydrogens is 413 g/mol. The Kier molecular flexibility index (Phi) is 6.23. The summed E-state index contributed by atoms with van der Waals surface area (Å²) in [4.78, 5) is 11.3. The van der Waals surface area contributed by atoms with E-state index >= 15 is 0 Å². The molecule has 0 spiro atoms. The second-order valence-corrected chi connectivity index (χ2v) is 8.22. The lowest BCUT2D eigenvalue weighted by atomic mass is 9.99. The summed E-state index contributed by atoms with van der Waals surface area (Å²) >= 11 is 0. The Hall–Kier alpha value is -2.74. The number of hydrogen-bond acceptors (Lipinski definition) is 4. The van der Waals surface area contributed by atoms with E-state index in [4.69, 9.17) is 9.47 Å². The van der Waals surface area contributed by atoms with Crippen molar-refractivity contribution in [2.24, 2.45) is 5.92 Å². The highest BCUT2D eigenvalue weighted by molar-refractivity contribution is 5.76. The minimum Gasteiger partial charge on any atom is -0.478 e. The van der Waals surface area contributed by atoms with Gasteiger partial charge in [-0.15, -0.1) is 13.2 Å². The van der Waals surface area contributed by atoms with E-state index in [-0.39, 0.29) is 23.7 Å². The monoisotopic (exact) mass is 438 g/mol. The molecule has 0 radical (unpaired) electrons. The van der Waals surface area contributed by atoms with Gasteiger partial charge in [0, 0.05) is 7.11 Å². The smallest absolute Gasteiger partial charge is 0.478 e. The third-order valence-corrected chi connectivity index (χ3v) is 5.43. The summed E-state index contributed by atoms with van der Waals surface area (Å²) in [6.45, 7) is 4.85. The molecule has 0 aromatic heterocycles. The van der Waals surface area contributed by atoms with Gasteiger partial charge in [0.25, 0.3) is 0 Å². The average Bonchev–Trinajstić information content (AvgIpc) is 3.44. The number of ether oxygens (including phenoxy) is 3. The van der Waals surface area contributed by atoms with Crippen molar-refractivity contribution in [1.82, 2.24) is 0 Å². The Morgan fingerprint density at radius 2 is 1.74 bits per heavy atom. The van der Waals surface area contributed by atoms with Crippen molar-refractivity contribution in [3.63, 3.8) is 0 Å². The van der Waals surface area contributed by atoms with Crippen molar-refractivity contribution in [2.75, 3.05) is 7.11 Å². The van der Waals surface area contributed by atoms with Crippen molar-refractivity contribution in [1.29, 1.82) is 0 Å². The summed E-state index contributed by atoms with van der Waals surface area (Å²) < 4.78 is 52.3. The Labute approximate surface area is 178 Å². The van der Waals surface area contributed by atoms with Crippen molar-refractivity contribution in [3.8, 4) is 11.5 Å². The van der Waals surface area contributed by atoms with Crippen molar-refractivity contribution in [2.45, 2.75) is 51.2 Å². The molecule has 2 aromatic carbocycles. The third kappa shape index (κ3) is 5.50. The normalized spacial score (nSPS) is 19.6. The van der Waals surface area contributed by atoms with Gasteiger partial charge in [0.05, 0.1) is 6.10 Å². The fraction of sp³-hybridized carbons (Fsp3) is 0.435. The highest BCUT2D eigenvalue weighted by atomic mass is 19.4. The number of benzene rings is 2. The largest absolute Gasteiger partial charge is 0.573 e. The number of carbonyl (C=O) groups is 1. The summed E-state index contributed by atoms with van der Waals surface area (Å²) in [7, 11) is 1.58. The van der Waals surface area contributed by atoms with E-state index in [0.717, 1.165) is 23.1 Å². The molecule has 0 aliphatic heterocycles. The van der Waals surface area contributed by atoms with Crippen LogP contribution in [0.25, 0.3) is 0 Å². The van der Waals surface area contributed by atoms with Crippen LogP contribution >= 0.6 is 0 Å². The van der Waals surface area contributed by atoms with Gasteiger partial charge in [-0.2, -0.15) is 0 Å². The number of rotatable bonds is 8. The lowest BCUT2D eigenvalue weighted by molar-refractivity contribution is -0.274. The fourth-order valence-electron chi connectivity index (χ4n) is 3.69. The zero-order valence-electron chi connectivity index (χ0n) is 17.7. The summed E-state index contributed by atoms with van der Waals surface area (Å²) in [5.41, 5.74) is 1.36. The number of methoxy groups -OCH3 is 1. The van der Waals surface area contributed by atoms with Crippen LogP contribution in [0.4, 0.5) is 13.2 Å². The van der Waals surface area contributed by atoms with Crippen LogP contribution < -0.4 is 9.47 Å². The maximum atomic E-state index is 12.4. The first kappa shape index (κ1) is 22.9. The number of halogens is 3. The first-order valence-corrected chi connectivity index (χ1v) is 9.83. The Morgan fingerprint density at radius 3 is 2.26 bits per heavy atom. The topological polar surface area (TPSA) is 65.0 Å². The van der Waals surface area contributed by atoms with E-state index < -0.39 is 17.9 Å². The van der Waals surface area contributed by atoms with Crippen molar-refractivity contribution >= 4 is 5.97 Å². The molecule has 3 unspecified atom stereocenters. The van der Waals surface area contributed by atoms with Gasteiger partial charge in [0.1, 0.15) is 11.5 Å². The van der Waals surface area contributed by atoms with Crippen molar-refractivity contribution in [3.05, 3.63) is 59.2 Å². The SMILES string of the molecule is COC(c1ccc(OC(F)(F)F)cc1)C1CC1c1ccc(OC(C)(C)C(=O)O)c(C)c1. The molecule has 31 heavy (non-hydrogen) atoms. The van der Waals surface area contributed by atoms with Gasteiger partial charge in [-0.05, 0) is 73.9 Å². The molecule has 2 aromatic rings. The predicted octanol–water partition coefficient (Wildman–Crippen LogP) is 5.63. The van der Waals surface area contributed by atoms with E-state index in [1.807, 2.05) is 19.1 Å². The van der Waals surface area contributed by atoms with Crippen LogP contribution in [0.5, 0.6) is 11.5 Å². The maximum Gasteiger partial charge on any atom is 0.573 e. The Bertz CT molecular complexity index is 937. The number of alkyl halides is 3. The number of hydrogen-bond donors (Lipinski definition) is 1. The summed E-state index contributed by atoms with van der Waals surface area (Å²) in [6, 6.07) is 11.4. The fourth-order valence-corrected chi connectivity index (χ4v) is 3.69. The third-order valence-electron chi connectivity index (χ3n) is 5.43. The van der Waals surface area contributed by atoms with Gasteiger partial charge < -0.3 is 19.3 Å². The van der Waals surface area contributed by atoms with Crippen LogP contribution in [0.3, 0.4) is 0 Å². The van der Waals surface area contributed by atoms with Crippen LogP contribution in [0, 0.1) is 12.8 Å². The number of carboxylic acid groups (broad SMARTS) is 1. The molecule has 1 aliphatic rings. The zero-order chi connectivity index (χ0) is 23.0. The molecule has 3 atom stereocenters. The molecule has 1 aliphatic carbocycles. The lowest BCUT2D eigenvalue weighted by Gasteiger charge is -2.23. The van der Waals surface area contributed by atoms with Crippen LogP contribution in [-0.4, -0.2) is 30.1 Å². The van der Waals surface area contributed by atoms with Crippen LogP contribution in [-0.2, 0) is 9.53 Å². The van der Waals surface area contributed by atoms with Crippen LogP contribution in [0.15, 0.2) is 42.5 Å². The van der Waals surface area contributed by atoms with E-state index in [1.54, 1.807) is 25.3 Å². The van der Waals surface area contributed by atoms with E-state index in [0.29, 0.717) is 5.75 Å². The highest BCUT2D eigenvalue weighted by Gasteiger charge is 2.45. The maximum absolute atomic E-state index is 12.4. The molecule has 8 heteroatoms. The van der Waals surface area contributed by atoms with E-state index in [9.17, 15) is 23.1 Å². The molecule has 1 saturated carbocycles. The van der Waals surface area contributed by atoms with Gasteiger partial charge in [0.2, 0.25) is 0 Å². The van der Waals surface area contributed by atoms with Crippen LogP contribution in [0.1, 0.15) is 49.0 Å². The average molecular weight is 438 g/mol. The summed E-state index contributed by atoms with van der Waals surface area (Å²) in [6.07, 6.45) is -4.11. The van der Waals surface area contributed by atoms with Gasteiger partial charge in [-0.1, -0.05) is 24.3 Å². The molecular formula is C23H25F3O5. The lowest BCUT2D eigenvalue weighted by Crippen LogP contribution is -2.38. The van der Waals surface area contributed by atoms with Crippen molar-refractivity contribution < 1.29 is 37.3 Å². The minimum absolute atomic E-state index is 0.181. The Balaban J connectivity index is 1.70. The van der Waals surface area contributed by atoms with E-state index in [2.05, 4.69) is 4.74 Å². The first-order valence-electron chi connectivity index (χ1n) is 9.83. The molecule has 3 rings (SSSR count). The highest BCUT2D eigenvalue weighted by Crippen LogP contribution is 2.55. The second kappa shape index (κ2) is 8.42. The Morgan fingerprint density at radius 1 is 1.10 bits per heavy atom. The van der Waals surface area contributed by atoms with Gasteiger partial charge in [0.15, 0.2) is 5.60 Å². The molecule has 0 amide bonds. The molecule has 1 fully saturated rings. The summed E-state index contributed by atoms with van der Waals surface area (Å²) in [5, 5.41) is 9.25. The molecule has 0 bridgehead atoms. The number of aliphatic carboxylic acids is 1. The molecule has 0 heterocycles. The number of aryl methyl sites for hydroxylation is 1. The van der Waals surface area contributed by atoms with Gasteiger partial charge >= 0.3 is 12.3 Å². The van der Waals surface area contributed by atoms with Crippen LogP contribution in [0.2, 0.25) is 0 Å². The quantitative estimate of drug-likeness (QED) is 0.579. The standard InChI is InChI=1S/C23H25F3O5/c1-13-11-15(7-10-19(13)31-22(2,3)21(27)28)17-12-18(17)20(29-4)14-5-8-16(9-6-14)30-23(24,25)26/h5-11,17-18,20H,12H2,1-4H3,(H,27,28). The zero-order valence-corrected chi connectivity index (χ0v) is 17.7. The van der Waals surface area contributed by atoms with E-state index in [1.165, 1.54) is 26.0 Å². The molecule has 5 nitrogen and oxygen atoms in total. The van der Waals surface area contributed by atoms with Gasteiger partial charge in [-0.3, -0.25) is 0 Å². The van der Waals surface area contributed by atoms with Gasteiger partial charge in [-0.25, -0.2) is 4.79 Å². The molecule has 1 N–H and O–H groups in total. The number of carboxylic acids is 1. The summed E-state index contributed by atoms with van der Waals surface area (Å²) in [5.74, 6) is -0.393. The molecule has 168 valence electrons. The molecule has 0 saturated heterocycles. The minimum atomic E-state index is -4.73.